The lowest BCUT2D eigenvalue weighted by Gasteiger charge is -2.35. The highest BCUT2D eigenvalue weighted by molar-refractivity contribution is 7.79. The molecule has 3 aromatic rings. The zero-order valence-electron chi connectivity index (χ0n) is 31.6. The van der Waals surface area contributed by atoms with Gasteiger partial charge in [0.1, 0.15) is 24.4 Å². The van der Waals surface area contributed by atoms with E-state index in [1.807, 2.05) is 100 Å². The number of hydrogen-bond acceptors (Lipinski definition) is 9. The number of benzene rings is 3. The summed E-state index contributed by atoms with van der Waals surface area (Å²) in [5, 5.41) is 25.2. The van der Waals surface area contributed by atoms with Crippen LogP contribution in [0.4, 0.5) is 11.4 Å². The predicted octanol–water partition coefficient (Wildman–Crippen LogP) is 4.53. The van der Waals surface area contributed by atoms with Gasteiger partial charge in [0.2, 0.25) is 23.6 Å². The average Bonchev–Trinajstić information content (AvgIpc) is 3.78. The van der Waals surface area contributed by atoms with E-state index in [4.69, 9.17) is 21.7 Å². The van der Waals surface area contributed by atoms with Crippen LogP contribution in [0.1, 0.15) is 58.1 Å². The van der Waals surface area contributed by atoms with Gasteiger partial charge in [-0.2, -0.15) is 0 Å². The minimum atomic E-state index is -0.981. The van der Waals surface area contributed by atoms with Crippen LogP contribution in [0.2, 0.25) is 0 Å². The molecule has 4 amide bonds. The number of hydrogen-bond donors (Lipinski definition) is 6. The molecule has 0 aromatic heterocycles. The number of β-amino-alcohol motifs (C(OH)–C–C–N with tert-alkyl or cyclic N) is 1. The number of carbonyl (C=O) groups is 4. The molecular formula is C41H50N6O7S. The number of aliphatic hydroxyl groups is 1. The van der Waals surface area contributed by atoms with Crippen LogP contribution in [0.3, 0.4) is 0 Å². The number of thiocarbonyl (C=S) groups is 1. The Kier molecular flexibility index (Phi) is 14.0. The van der Waals surface area contributed by atoms with Crippen molar-refractivity contribution in [3.8, 4) is 11.1 Å². The molecule has 1 saturated heterocycles. The molecule has 3 aromatic carbocycles. The molecule has 13 nitrogen and oxygen atoms in total. The first-order chi connectivity index (χ1) is 26.3. The number of allylic oxidation sites excluding steroid dienone is 1. The Balaban J connectivity index is 1.05. The number of carbonyl (C=O) groups excluding carboxylic acids is 4. The quantitative estimate of drug-likeness (QED) is 0.0899. The summed E-state index contributed by atoms with van der Waals surface area (Å²) in [6.07, 6.45) is -0.216. The van der Waals surface area contributed by atoms with Crippen LogP contribution in [-0.4, -0.2) is 83.8 Å². The first-order valence-electron chi connectivity index (χ1n) is 18.3. The van der Waals surface area contributed by atoms with E-state index in [2.05, 4.69) is 26.6 Å². The predicted molar refractivity (Wildman–Crippen MR) is 215 cm³/mol. The third-order valence-corrected chi connectivity index (χ3v) is 9.52. The van der Waals surface area contributed by atoms with Gasteiger partial charge in [-0.3, -0.25) is 19.2 Å². The van der Waals surface area contributed by atoms with E-state index in [1.165, 1.54) is 10.4 Å². The first kappa shape index (κ1) is 40.9. The van der Waals surface area contributed by atoms with Crippen molar-refractivity contribution in [2.24, 2.45) is 5.41 Å². The van der Waals surface area contributed by atoms with Crippen molar-refractivity contribution in [2.75, 3.05) is 37.1 Å². The smallest absolute Gasteiger partial charge is 0.246 e. The second kappa shape index (κ2) is 18.8. The van der Waals surface area contributed by atoms with Gasteiger partial charge in [0.15, 0.2) is 6.73 Å². The van der Waals surface area contributed by atoms with Crippen LogP contribution in [0.25, 0.3) is 16.9 Å². The lowest BCUT2D eigenvalue weighted by Crippen LogP contribution is -2.58. The number of rotatable bonds is 16. The molecule has 0 aliphatic carbocycles. The van der Waals surface area contributed by atoms with Crippen LogP contribution in [0.5, 0.6) is 0 Å². The molecule has 14 heteroatoms. The zero-order valence-corrected chi connectivity index (χ0v) is 32.5. The Hall–Kier alpha value is -5.31. The highest BCUT2D eigenvalue weighted by atomic mass is 32.1. The van der Waals surface area contributed by atoms with Crippen molar-refractivity contribution in [1.29, 1.82) is 0 Å². The average molecular weight is 771 g/mol. The van der Waals surface area contributed by atoms with Crippen molar-refractivity contribution in [1.82, 2.24) is 20.9 Å². The standard InChI is InChI=1S/C41H50N6O7S/c1-26-37(54-24-43-26)30-9-7-27(8-10-30)21-42-39(51)34-20-33(48)22-47(34)40(52)38(41(2,3)4)46-36(50)23-53-19-5-6-35(49)45-32-17-13-29(14-18-32)28-11-15-31(16-12-28)44-25-55/h7-18,25,33-34,38,43,48H,5-6,19-24H2,1-4H3,(H,42,51)(H,44,55)(H,45,49)(H,46,50)/t33-,34+,38?/m1/s1. The first-order valence-corrected chi connectivity index (χ1v) is 18.8. The normalized spacial score (nSPS) is 17.1. The van der Waals surface area contributed by atoms with E-state index in [0.29, 0.717) is 18.8 Å². The van der Waals surface area contributed by atoms with Gasteiger partial charge in [-0.15, -0.1) is 0 Å². The van der Waals surface area contributed by atoms with Crippen LogP contribution >= 0.6 is 12.2 Å². The van der Waals surface area contributed by atoms with Crippen molar-refractivity contribution in [3.63, 3.8) is 0 Å². The molecule has 3 atom stereocenters. The van der Waals surface area contributed by atoms with Crippen molar-refractivity contribution >= 4 is 58.5 Å². The largest absolute Gasteiger partial charge is 0.471 e. The summed E-state index contributed by atoms with van der Waals surface area (Å²) in [5.74, 6) is -0.745. The van der Waals surface area contributed by atoms with Crippen LogP contribution < -0.4 is 26.6 Å². The van der Waals surface area contributed by atoms with Crippen LogP contribution in [-0.2, 0) is 35.2 Å². The van der Waals surface area contributed by atoms with E-state index in [9.17, 15) is 24.3 Å². The topological polar surface area (TPSA) is 170 Å². The molecule has 292 valence electrons. The van der Waals surface area contributed by atoms with Crippen molar-refractivity contribution in [3.05, 3.63) is 89.6 Å². The summed E-state index contributed by atoms with van der Waals surface area (Å²) in [4.78, 5) is 54.1. The Bertz CT molecular complexity index is 1860. The highest BCUT2D eigenvalue weighted by Crippen LogP contribution is 2.27. The van der Waals surface area contributed by atoms with Crippen molar-refractivity contribution in [2.45, 2.75) is 71.7 Å². The summed E-state index contributed by atoms with van der Waals surface area (Å²) >= 11 is 4.82. The minimum Gasteiger partial charge on any atom is -0.471 e. The summed E-state index contributed by atoms with van der Waals surface area (Å²) < 4.78 is 11.2. The Labute approximate surface area is 327 Å². The maximum atomic E-state index is 13.9. The number of likely N-dealkylation sites (tertiary alicyclic amines) is 1. The molecule has 1 unspecified atom stereocenters. The number of anilines is 2. The fourth-order valence-corrected chi connectivity index (χ4v) is 6.54. The monoisotopic (exact) mass is 770 g/mol. The number of amides is 4. The lowest BCUT2D eigenvalue weighted by atomic mass is 9.85. The minimum absolute atomic E-state index is 0.0275. The molecule has 6 N–H and O–H groups in total. The molecule has 0 bridgehead atoms. The van der Waals surface area contributed by atoms with E-state index >= 15 is 0 Å². The van der Waals surface area contributed by atoms with Gasteiger partial charge in [-0.1, -0.05) is 81.5 Å². The van der Waals surface area contributed by atoms with Gasteiger partial charge in [0.05, 0.1) is 17.3 Å². The second-order valence-corrected chi connectivity index (χ2v) is 15.0. The SMILES string of the molecule is CC1=C(c2ccc(CNC(=O)[C@@H]3C[C@@H](O)CN3C(=O)C(NC(=O)COCCCC(=O)Nc3ccc(-c4ccc(NC=S)cc4)cc3)C(C)(C)C)cc2)OCN1. The second-order valence-electron chi connectivity index (χ2n) is 14.7. The highest BCUT2D eigenvalue weighted by Gasteiger charge is 2.44. The summed E-state index contributed by atoms with van der Waals surface area (Å²) in [6.45, 7) is 7.88. The van der Waals surface area contributed by atoms with Gasteiger partial charge in [0, 0.05) is 49.5 Å². The molecular weight excluding hydrogens is 721 g/mol. The molecule has 2 heterocycles. The van der Waals surface area contributed by atoms with E-state index in [1.54, 1.807) is 0 Å². The third-order valence-electron chi connectivity index (χ3n) is 9.40. The Morgan fingerprint density at radius 1 is 0.964 bits per heavy atom. The molecule has 2 aliphatic heterocycles. The van der Waals surface area contributed by atoms with Crippen molar-refractivity contribution < 1.29 is 33.8 Å². The number of ether oxygens (including phenoxy) is 2. The van der Waals surface area contributed by atoms with E-state index in [-0.39, 0.29) is 51.0 Å². The summed E-state index contributed by atoms with van der Waals surface area (Å²) in [7, 11) is 0. The number of nitrogens with one attached hydrogen (secondary N) is 5. The zero-order chi connectivity index (χ0) is 39.5. The van der Waals surface area contributed by atoms with Gasteiger partial charge in [-0.05, 0) is 59.7 Å². The maximum absolute atomic E-state index is 13.9. The Morgan fingerprint density at radius 2 is 1.60 bits per heavy atom. The van der Waals surface area contributed by atoms with E-state index < -0.39 is 35.4 Å². The van der Waals surface area contributed by atoms with Crippen LogP contribution in [0.15, 0.2) is 78.5 Å². The number of aliphatic hydroxyl groups excluding tert-OH is 1. The lowest BCUT2D eigenvalue weighted by molar-refractivity contribution is -0.144. The van der Waals surface area contributed by atoms with Gasteiger partial charge in [0.25, 0.3) is 0 Å². The summed E-state index contributed by atoms with van der Waals surface area (Å²) in [6, 6.07) is 21.1. The van der Waals surface area contributed by atoms with Gasteiger partial charge in [-0.25, -0.2) is 0 Å². The molecule has 55 heavy (non-hydrogen) atoms. The molecule has 5 rings (SSSR count). The molecule has 1 fully saturated rings. The van der Waals surface area contributed by atoms with Crippen LogP contribution in [0, 0.1) is 5.41 Å². The third kappa shape index (κ3) is 11.4. The number of nitrogens with zero attached hydrogens (tertiary/aromatic N) is 1. The molecule has 2 aliphatic rings. The maximum Gasteiger partial charge on any atom is 0.246 e. The Morgan fingerprint density at radius 3 is 2.20 bits per heavy atom. The van der Waals surface area contributed by atoms with Gasteiger partial charge >= 0.3 is 0 Å². The van der Waals surface area contributed by atoms with Gasteiger partial charge < -0.3 is 46.1 Å². The van der Waals surface area contributed by atoms with E-state index in [0.717, 1.165) is 39.4 Å². The fraction of sp³-hybridized carbons (Fsp3) is 0.390. The fourth-order valence-electron chi connectivity index (χ4n) is 6.41. The molecule has 0 spiro atoms. The molecule has 0 radical (unpaired) electrons. The summed E-state index contributed by atoms with van der Waals surface area (Å²) in [5.41, 5.74) is 7.11. The molecule has 0 saturated carbocycles.